The Morgan fingerprint density at radius 3 is 2.59 bits per heavy atom. The molecule has 3 aromatic rings. The molecule has 0 fully saturated rings. The molecule has 27 heavy (non-hydrogen) atoms. The zero-order valence-electron chi connectivity index (χ0n) is 13.7. The number of carbonyl (C=O) groups excluding carboxylic acids is 1. The number of nitriles is 1. The number of benzene rings is 2. The highest BCUT2D eigenvalue weighted by Crippen LogP contribution is 2.30. The number of anilines is 1. The number of carbonyl (C=O) groups is 1. The summed E-state index contributed by atoms with van der Waals surface area (Å²) in [5, 5.41) is 11.9. The molecule has 1 N–H and O–H groups in total. The lowest BCUT2D eigenvalue weighted by molar-refractivity contribution is -0.137. The molecule has 0 bridgehead atoms. The van der Waals surface area contributed by atoms with Gasteiger partial charge in [-0.15, -0.1) is 11.3 Å². The van der Waals surface area contributed by atoms with Crippen molar-refractivity contribution >= 4 is 22.4 Å². The molecule has 0 saturated heterocycles. The molecular weight excluding hydrogens is 375 g/mol. The minimum absolute atomic E-state index is 0.341. The predicted molar refractivity (Wildman–Crippen MR) is 95.5 cm³/mol. The average Bonchev–Trinajstić information content (AvgIpc) is 3.08. The van der Waals surface area contributed by atoms with Crippen LogP contribution in [0.25, 0.3) is 0 Å². The van der Waals surface area contributed by atoms with Crippen LogP contribution in [0.1, 0.15) is 31.9 Å². The maximum Gasteiger partial charge on any atom is 0.416 e. The molecule has 136 valence electrons. The summed E-state index contributed by atoms with van der Waals surface area (Å²) in [7, 11) is 0. The zero-order chi connectivity index (χ0) is 19.4. The molecular formula is C19H12F3N3OS. The van der Waals surface area contributed by atoms with E-state index in [1.54, 1.807) is 24.4 Å². The standard InChI is InChI=1S/C19H12F3N3OS/c20-19(21,22)15-6-4-12(5-7-15)9-16-11-24-18(27-16)25-17(26)14-3-1-2-13(8-14)10-23/h1-8,11H,9H2,(H,24,25,26). The molecule has 2 aromatic carbocycles. The minimum Gasteiger partial charge on any atom is -0.298 e. The summed E-state index contributed by atoms with van der Waals surface area (Å²) >= 11 is 1.24. The number of hydrogen-bond donors (Lipinski definition) is 1. The van der Waals surface area contributed by atoms with Crippen molar-refractivity contribution in [3.63, 3.8) is 0 Å². The zero-order valence-corrected chi connectivity index (χ0v) is 14.6. The van der Waals surface area contributed by atoms with Crippen LogP contribution in [0, 0.1) is 11.3 Å². The van der Waals surface area contributed by atoms with Crippen molar-refractivity contribution in [2.45, 2.75) is 12.6 Å². The number of nitrogens with zero attached hydrogens (tertiary/aromatic N) is 2. The van der Waals surface area contributed by atoms with Crippen LogP contribution in [0.15, 0.2) is 54.7 Å². The van der Waals surface area contributed by atoms with E-state index < -0.39 is 11.7 Å². The maximum absolute atomic E-state index is 12.6. The van der Waals surface area contributed by atoms with Crippen LogP contribution < -0.4 is 5.32 Å². The second kappa shape index (κ2) is 7.60. The van der Waals surface area contributed by atoms with Gasteiger partial charge in [-0.05, 0) is 35.9 Å². The molecule has 4 nitrogen and oxygen atoms in total. The van der Waals surface area contributed by atoms with E-state index in [-0.39, 0.29) is 5.91 Å². The molecule has 1 heterocycles. The van der Waals surface area contributed by atoms with Gasteiger partial charge in [0.2, 0.25) is 0 Å². The van der Waals surface area contributed by atoms with E-state index in [2.05, 4.69) is 10.3 Å². The molecule has 0 saturated carbocycles. The summed E-state index contributed by atoms with van der Waals surface area (Å²) in [6, 6.07) is 13.2. The van der Waals surface area contributed by atoms with Gasteiger partial charge in [0.15, 0.2) is 5.13 Å². The van der Waals surface area contributed by atoms with Gasteiger partial charge in [-0.3, -0.25) is 10.1 Å². The van der Waals surface area contributed by atoms with Gasteiger partial charge in [-0.2, -0.15) is 18.4 Å². The third-order valence-electron chi connectivity index (χ3n) is 3.69. The summed E-state index contributed by atoms with van der Waals surface area (Å²) in [5.74, 6) is -0.387. The Morgan fingerprint density at radius 1 is 1.19 bits per heavy atom. The molecule has 0 atom stereocenters. The van der Waals surface area contributed by atoms with E-state index in [4.69, 9.17) is 5.26 Å². The van der Waals surface area contributed by atoms with Crippen molar-refractivity contribution in [2.24, 2.45) is 0 Å². The van der Waals surface area contributed by atoms with Gasteiger partial charge in [0.25, 0.3) is 5.91 Å². The molecule has 8 heteroatoms. The summed E-state index contributed by atoms with van der Waals surface area (Å²) in [6.07, 6.45) is -2.37. The Labute approximate surface area is 156 Å². The maximum atomic E-state index is 12.6. The van der Waals surface area contributed by atoms with Crippen molar-refractivity contribution in [3.05, 3.63) is 81.9 Å². The minimum atomic E-state index is -4.36. The number of halogens is 3. The summed E-state index contributed by atoms with van der Waals surface area (Å²) < 4.78 is 37.8. The monoisotopic (exact) mass is 387 g/mol. The first-order chi connectivity index (χ1) is 12.8. The Morgan fingerprint density at radius 2 is 1.93 bits per heavy atom. The van der Waals surface area contributed by atoms with E-state index in [0.29, 0.717) is 28.2 Å². The van der Waals surface area contributed by atoms with Crippen LogP contribution >= 0.6 is 11.3 Å². The van der Waals surface area contributed by atoms with Gasteiger partial charge >= 0.3 is 6.18 Å². The average molecular weight is 387 g/mol. The third-order valence-corrected chi connectivity index (χ3v) is 4.60. The molecule has 0 radical (unpaired) electrons. The molecule has 0 aliphatic heterocycles. The summed E-state index contributed by atoms with van der Waals surface area (Å²) in [4.78, 5) is 17.1. The Balaban J connectivity index is 1.66. The lowest BCUT2D eigenvalue weighted by Crippen LogP contribution is -2.11. The van der Waals surface area contributed by atoms with E-state index >= 15 is 0 Å². The SMILES string of the molecule is N#Cc1cccc(C(=O)Nc2ncc(Cc3ccc(C(F)(F)F)cc3)s2)c1. The smallest absolute Gasteiger partial charge is 0.298 e. The van der Waals surface area contributed by atoms with Crippen molar-refractivity contribution in [1.82, 2.24) is 4.98 Å². The van der Waals surface area contributed by atoms with Crippen LogP contribution in [0.2, 0.25) is 0 Å². The predicted octanol–water partition coefficient (Wildman–Crippen LogP) is 4.88. The molecule has 0 unspecified atom stereocenters. The Kier molecular flexibility index (Phi) is 5.23. The number of aromatic nitrogens is 1. The second-order valence-electron chi connectivity index (χ2n) is 5.65. The fourth-order valence-electron chi connectivity index (χ4n) is 2.36. The van der Waals surface area contributed by atoms with E-state index in [9.17, 15) is 18.0 Å². The Bertz CT molecular complexity index is 1000. The highest BCUT2D eigenvalue weighted by atomic mass is 32.1. The van der Waals surface area contributed by atoms with E-state index in [0.717, 1.165) is 17.0 Å². The normalized spacial score (nSPS) is 11.0. The van der Waals surface area contributed by atoms with Crippen LogP contribution in [-0.2, 0) is 12.6 Å². The molecule has 1 amide bonds. The number of thiazole rings is 1. The van der Waals surface area contributed by atoms with Crippen LogP contribution in [-0.4, -0.2) is 10.9 Å². The fourth-order valence-corrected chi connectivity index (χ4v) is 3.20. The summed E-state index contributed by atoms with van der Waals surface area (Å²) in [6.45, 7) is 0. The topological polar surface area (TPSA) is 65.8 Å². The number of rotatable bonds is 4. The fraction of sp³-hybridized carbons (Fsp3) is 0.105. The van der Waals surface area contributed by atoms with E-state index in [1.165, 1.54) is 29.5 Å². The van der Waals surface area contributed by atoms with Gasteiger partial charge in [0.05, 0.1) is 17.2 Å². The van der Waals surface area contributed by atoms with E-state index in [1.807, 2.05) is 6.07 Å². The molecule has 0 aliphatic carbocycles. The number of alkyl halides is 3. The third kappa shape index (κ3) is 4.71. The molecule has 3 rings (SSSR count). The first-order valence-corrected chi connectivity index (χ1v) is 8.59. The van der Waals surface area contributed by atoms with Crippen molar-refractivity contribution in [1.29, 1.82) is 5.26 Å². The quantitative estimate of drug-likeness (QED) is 0.694. The highest BCUT2D eigenvalue weighted by Gasteiger charge is 2.29. The van der Waals surface area contributed by atoms with Gasteiger partial charge in [-0.1, -0.05) is 18.2 Å². The number of hydrogen-bond acceptors (Lipinski definition) is 4. The van der Waals surface area contributed by atoms with Crippen LogP contribution in [0.5, 0.6) is 0 Å². The lowest BCUT2D eigenvalue weighted by Gasteiger charge is -2.06. The summed E-state index contributed by atoms with van der Waals surface area (Å²) in [5.41, 5.74) is 0.743. The van der Waals surface area contributed by atoms with Gasteiger partial charge in [0.1, 0.15) is 0 Å². The number of nitrogens with one attached hydrogen (secondary N) is 1. The van der Waals surface area contributed by atoms with Gasteiger partial charge < -0.3 is 0 Å². The van der Waals surface area contributed by atoms with Crippen LogP contribution in [0.3, 0.4) is 0 Å². The number of amides is 1. The Hall–Kier alpha value is -3.18. The lowest BCUT2D eigenvalue weighted by atomic mass is 10.1. The molecule has 1 aromatic heterocycles. The first kappa shape index (κ1) is 18.6. The van der Waals surface area contributed by atoms with Gasteiger partial charge in [-0.25, -0.2) is 4.98 Å². The largest absolute Gasteiger partial charge is 0.416 e. The van der Waals surface area contributed by atoms with Gasteiger partial charge in [0, 0.05) is 23.1 Å². The van der Waals surface area contributed by atoms with Crippen molar-refractivity contribution in [3.8, 4) is 6.07 Å². The molecule has 0 aliphatic rings. The van der Waals surface area contributed by atoms with Crippen molar-refractivity contribution < 1.29 is 18.0 Å². The highest BCUT2D eigenvalue weighted by molar-refractivity contribution is 7.15. The second-order valence-corrected chi connectivity index (χ2v) is 6.77. The first-order valence-electron chi connectivity index (χ1n) is 7.77. The van der Waals surface area contributed by atoms with Crippen LogP contribution in [0.4, 0.5) is 18.3 Å². The molecule has 0 spiro atoms. The van der Waals surface area contributed by atoms with Crippen molar-refractivity contribution in [2.75, 3.05) is 5.32 Å².